The Kier molecular flexibility index (Phi) is 7.25. The largest absolute Gasteiger partial charge is 0.494 e. The Balaban J connectivity index is 1.20. The summed E-state index contributed by atoms with van der Waals surface area (Å²) in [4.78, 5) is 19.7. The third kappa shape index (κ3) is 5.54. The molecule has 2 saturated heterocycles. The molecule has 0 saturated carbocycles. The van der Waals surface area contributed by atoms with E-state index in [-0.39, 0.29) is 5.91 Å². The average Bonchev–Trinajstić information content (AvgIpc) is 2.83. The Morgan fingerprint density at radius 3 is 2.20 bits per heavy atom. The summed E-state index contributed by atoms with van der Waals surface area (Å²) >= 11 is 0. The molecular weight excluding hydrogens is 374 g/mol. The molecule has 0 aromatic heterocycles. The van der Waals surface area contributed by atoms with Gasteiger partial charge in [0.1, 0.15) is 5.75 Å². The minimum atomic E-state index is 0.111. The van der Waals surface area contributed by atoms with Crippen LogP contribution in [0.15, 0.2) is 54.6 Å². The summed E-state index contributed by atoms with van der Waals surface area (Å²) in [6.45, 7) is 7.55. The van der Waals surface area contributed by atoms with Crippen molar-refractivity contribution in [1.82, 2.24) is 9.80 Å². The molecule has 160 valence electrons. The van der Waals surface area contributed by atoms with Crippen molar-refractivity contribution in [2.75, 3.05) is 57.3 Å². The fourth-order valence-electron chi connectivity index (χ4n) is 4.34. The molecule has 2 aliphatic rings. The molecule has 0 atom stereocenters. The Morgan fingerprint density at radius 2 is 1.50 bits per heavy atom. The number of rotatable bonds is 7. The highest BCUT2D eigenvalue weighted by Gasteiger charge is 2.22. The molecule has 2 fully saturated rings. The van der Waals surface area contributed by atoms with Crippen molar-refractivity contribution < 1.29 is 9.53 Å². The molecule has 0 N–H and O–H groups in total. The van der Waals surface area contributed by atoms with E-state index in [9.17, 15) is 4.79 Å². The highest BCUT2D eigenvalue weighted by molar-refractivity contribution is 5.94. The number of para-hydroxylation sites is 1. The molecule has 1 amide bonds. The van der Waals surface area contributed by atoms with Gasteiger partial charge in [-0.3, -0.25) is 4.79 Å². The van der Waals surface area contributed by atoms with E-state index in [1.54, 1.807) is 0 Å². The second-order valence-electron chi connectivity index (χ2n) is 8.24. The normalized spacial score (nSPS) is 17.7. The van der Waals surface area contributed by atoms with Crippen LogP contribution in [0, 0.1) is 0 Å². The molecule has 4 rings (SSSR count). The van der Waals surface area contributed by atoms with Crippen LogP contribution in [0.3, 0.4) is 0 Å². The topological polar surface area (TPSA) is 36.0 Å². The van der Waals surface area contributed by atoms with Gasteiger partial charge < -0.3 is 19.4 Å². The van der Waals surface area contributed by atoms with E-state index < -0.39 is 0 Å². The number of ether oxygens (including phenoxy) is 1. The Hall–Kier alpha value is -2.53. The number of piperazine rings is 1. The van der Waals surface area contributed by atoms with Gasteiger partial charge in [0.25, 0.3) is 5.91 Å². The van der Waals surface area contributed by atoms with E-state index in [0.29, 0.717) is 0 Å². The number of amides is 1. The molecule has 0 spiro atoms. The SMILES string of the molecule is O=C(c1ccc(OCCCN2CCCCC2)cc1)N1CCN(c2ccccc2)CC1. The second-order valence-corrected chi connectivity index (χ2v) is 8.24. The van der Waals surface area contributed by atoms with E-state index in [4.69, 9.17) is 4.74 Å². The first kappa shape index (κ1) is 20.7. The van der Waals surface area contributed by atoms with Gasteiger partial charge in [0.05, 0.1) is 6.61 Å². The maximum Gasteiger partial charge on any atom is 0.253 e. The highest BCUT2D eigenvalue weighted by atomic mass is 16.5. The molecule has 0 aliphatic carbocycles. The van der Waals surface area contributed by atoms with Crippen molar-refractivity contribution >= 4 is 11.6 Å². The number of likely N-dealkylation sites (tertiary alicyclic amines) is 1. The monoisotopic (exact) mass is 407 g/mol. The predicted octanol–water partition coefficient (Wildman–Crippen LogP) is 3.90. The van der Waals surface area contributed by atoms with Crippen molar-refractivity contribution in [3.8, 4) is 5.75 Å². The van der Waals surface area contributed by atoms with Crippen LogP contribution in [0.1, 0.15) is 36.0 Å². The van der Waals surface area contributed by atoms with Gasteiger partial charge in [-0.25, -0.2) is 0 Å². The van der Waals surface area contributed by atoms with E-state index in [1.807, 2.05) is 35.2 Å². The number of hydrogen-bond donors (Lipinski definition) is 0. The van der Waals surface area contributed by atoms with Gasteiger partial charge in [0.2, 0.25) is 0 Å². The summed E-state index contributed by atoms with van der Waals surface area (Å²) in [5.74, 6) is 0.957. The third-order valence-electron chi connectivity index (χ3n) is 6.13. The fourth-order valence-corrected chi connectivity index (χ4v) is 4.34. The zero-order valence-corrected chi connectivity index (χ0v) is 17.8. The smallest absolute Gasteiger partial charge is 0.253 e. The molecule has 30 heavy (non-hydrogen) atoms. The minimum absolute atomic E-state index is 0.111. The number of piperidine rings is 1. The Bertz CT molecular complexity index is 780. The molecule has 0 bridgehead atoms. The maximum atomic E-state index is 12.9. The van der Waals surface area contributed by atoms with Gasteiger partial charge in [-0.1, -0.05) is 24.6 Å². The number of nitrogens with zero attached hydrogens (tertiary/aromatic N) is 3. The van der Waals surface area contributed by atoms with Crippen molar-refractivity contribution in [3.63, 3.8) is 0 Å². The van der Waals surface area contributed by atoms with Crippen LogP contribution >= 0.6 is 0 Å². The molecule has 0 unspecified atom stereocenters. The fraction of sp³-hybridized carbons (Fsp3) is 0.480. The standard InChI is InChI=1S/C25H33N3O2/c29-25(28-19-17-27(18-20-28)23-8-3-1-4-9-23)22-10-12-24(13-11-22)30-21-7-16-26-14-5-2-6-15-26/h1,3-4,8-13H,2,5-7,14-21H2. The summed E-state index contributed by atoms with van der Waals surface area (Å²) in [5.41, 5.74) is 1.97. The molecule has 2 aliphatic heterocycles. The molecular formula is C25H33N3O2. The van der Waals surface area contributed by atoms with Crippen LogP contribution in [-0.4, -0.2) is 68.1 Å². The van der Waals surface area contributed by atoms with Gasteiger partial charge in [0, 0.05) is 44.0 Å². The first-order chi connectivity index (χ1) is 14.8. The van der Waals surface area contributed by atoms with Gasteiger partial charge in [0.15, 0.2) is 0 Å². The number of benzene rings is 2. The second kappa shape index (κ2) is 10.5. The van der Waals surface area contributed by atoms with Crippen LogP contribution < -0.4 is 9.64 Å². The summed E-state index contributed by atoms with van der Waals surface area (Å²) in [5, 5.41) is 0. The minimum Gasteiger partial charge on any atom is -0.494 e. The van der Waals surface area contributed by atoms with Crippen LogP contribution in [0.5, 0.6) is 5.75 Å². The van der Waals surface area contributed by atoms with Gasteiger partial charge >= 0.3 is 0 Å². The van der Waals surface area contributed by atoms with Crippen LogP contribution in [0.4, 0.5) is 5.69 Å². The number of hydrogen-bond acceptors (Lipinski definition) is 4. The van der Waals surface area contributed by atoms with Crippen LogP contribution in [0.25, 0.3) is 0 Å². The molecule has 5 heteroatoms. The lowest BCUT2D eigenvalue weighted by Gasteiger charge is -2.36. The lowest BCUT2D eigenvalue weighted by Crippen LogP contribution is -2.48. The van der Waals surface area contributed by atoms with Crippen molar-refractivity contribution in [1.29, 1.82) is 0 Å². The van der Waals surface area contributed by atoms with Crippen molar-refractivity contribution in [2.24, 2.45) is 0 Å². The van der Waals surface area contributed by atoms with Crippen molar-refractivity contribution in [3.05, 3.63) is 60.2 Å². The molecule has 0 radical (unpaired) electrons. The van der Waals surface area contributed by atoms with E-state index in [1.165, 1.54) is 38.0 Å². The average molecular weight is 408 g/mol. The highest BCUT2D eigenvalue weighted by Crippen LogP contribution is 2.18. The number of anilines is 1. The number of carbonyl (C=O) groups is 1. The summed E-state index contributed by atoms with van der Waals surface area (Å²) in [7, 11) is 0. The third-order valence-corrected chi connectivity index (χ3v) is 6.13. The Labute approximate surface area is 180 Å². The predicted molar refractivity (Wildman–Crippen MR) is 121 cm³/mol. The summed E-state index contributed by atoms with van der Waals surface area (Å²) < 4.78 is 5.88. The quantitative estimate of drug-likeness (QED) is 0.652. The number of carbonyl (C=O) groups excluding carboxylic acids is 1. The molecule has 2 heterocycles. The van der Waals surface area contributed by atoms with Crippen LogP contribution in [-0.2, 0) is 0 Å². The molecule has 2 aromatic carbocycles. The summed E-state index contributed by atoms with van der Waals surface area (Å²) in [6, 6.07) is 18.0. The van der Waals surface area contributed by atoms with Gasteiger partial charge in [-0.15, -0.1) is 0 Å². The maximum absolute atomic E-state index is 12.9. The van der Waals surface area contributed by atoms with Gasteiger partial charge in [-0.05, 0) is 68.8 Å². The van der Waals surface area contributed by atoms with E-state index in [2.05, 4.69) is 34.1 Å². The zero-order chi connectivity index (χ0) is 20.6. The van der Waals surface area contributed by atoms with E-state index in [0.717, 1.165) is 57.1 Å². The molecule has 5 nitrogen and oxygen atoms in total. The van der Waals surface area contributed by atoms with Gasteiger partial charge in [-0.2, -0.15) is 0 Å². The molecule has 2 aromatic rings. The van der Waals surface area contributed by atoms with Crippen molar-refractivity contribution in [2.45, 2.75) is 25.7 Å². The summed E-state index contributed by atoms with van der Waals surface area (Å²) in [6.07, 6.45) is 5.09. The van der Waals surface area contributed by atoms with E-state index >= 15 is 0 Å². The lowest BCUT2D eigenvalue weighted by atomic mass is 10.1. The zero-order valence-electron chi connectivity index (χ0n) is 17.8. The lowest BCUT2D eigenvalue weighted by molar-refractivity contribution is 0.0746. The first-order valence-electron chi connectivity index (χ1n) is 11.3. The van der Waals surface area contributed by atoms with Crippen LogP contribution in [0.2, 0.25) is 0 Å². The first-order valence-corrected chi connectivity index (χ1v) is 11.3. The Morgan fingerprint density at radius 1 is 0.800 bits per heavy atom.